The molecule has 0 spiro atoms. The molecule has 0 aliphatic heterocycles. The Kier molecular flexibility index (Phi) is 17.2. The van der Waals surface area contributed by atoms with Crippen molar-refractivity contribution in [2.75, 3.05) is 28.9 Å². The first-order valence-electron chi connectivity index (χ1n) is 15.2. The average Bonchev–Trinajstić information content (AvgIpc) is 2.91. The van der Waals surface area contributed by atoms with Crippen LogP contribution in [0.1, 0.15) is 110 Å². The molecule has 0 atom stereocenters. The van der Waals surface area contributed by atoms with Crippen LogP contribution in [-0.4, -0.2) is 32.4 Å². The molecular weight excluding hydrogens is 508 g/mol. The Morgan fingerprint density at radius 2 is 1.23 bits per heavy atom. The van der Waals surface area contributed by atoms with Crippen LogP contribution in [0, 0.1) is 0 Å². The summed E-state index contributed by atoms with van der Waals surface area (Å²) in [6.07, 6.45) is 20.3. The molecule has 2 aromatic carbocycles. The Hall–Kier alpha value is -2.41. The van der Waals surface area contributed by atoms with Gasteiger partial charge in [0.25, 0.3) is 0 Å². The van der Waals surface area contributed by atoms with E-state index in [0.717, 1.165) is 18.5 Å². The number of ether oxygens (including phenoxy) is 1. The number of hydrogen-bond donors (Lipinski definition) is 3. The third kappa shape index (κ3) is 17.0. The SMILES string of the molecule is CCCCCCCCCCCCCCCCCCS(=O)(=O)Nc1cccc(OCCNc2cccc(O)c2)c1. The van der Waals surface area contributed by atoms with Crippen LogP contribution in [0.3, 0.4) is 0 Å². The van der Waals surface area contributed by atoms with E-state index in [2.05, 4.69) is 17.0 Å². The second-order valence-corrected chi connectivity index (χ2v) is 12.4. The van der Waals surface area contributed by atoms with Crippen LogP contribution in [0.5, 0.6) is 11.5 Å². The van der Waals surface area contributed by atoms with E-state index >= 15 is 0 Å². The third-order valence-electron chi connectivity index (χ3n) is 6.92. The molecule has 2 rings (SSSR count). The predicted octanol–water partition coefficient (Wildman–Crippen LogP) is 8.89. The van der Waals surface area contributed by atoms with Crippen molar-refractivity contribution in [2.24, 2.45) is 0 Å². The molecule has 39 heavy (non-hydrogen) atoms. The molecule has 0 amide bonds. The van der Waals surface area contributed by atoms with E-state index in [4.69, 9.17) is 4.74 Å². The van der Waals surface area contributed by atoms with Gasteiger partial charge in [-0.25, -0.2) is 8.42 Å². The van der Waals surface area contributed by atoms with Crippen molar-refractivity contribution in [1.82, 2.24) is 0 Å². The number of hydrogen-bond acceptors (Lipinski definition) is 5. The van der Waals surface area contributed by atoms with E-state index in [1.165, 1.54) is 83.5 Å². The minimum Gasteiger partial charge on any atom is -0.508 e. The van der Waals surface area contributed by atoms with Gasteiger partial charge in [-0.1, -0.05) is 115 Å². The summed E-state index contributed by atoms with van der Waals surface area (Å²) in [5.41, 5.74) is 1.33. The fraction of sp³-hybridized carbons (Fsp3) is 0.625. The lowest BCUT2D eigenvalue weighted by atomic mass is 10.0. The van der Waals surface area contributed by atoms with Crippen LogP contribution in [0.25, 0.3) is 0 Å². The van der Waals surface area contributed by atoms with E-state index in [1.807, 2.05) is 12.1 Å². The number of phenolic OH excluding ortho intramolecular Hbond substituents is 1. The van der Waals surface area contributed by atoms with Gasteiger partial charge in [-0.05, 0) is 30.7 Å². The standard InChI is InChI=1S/C32H52N2O4S/c1-2-3-4-5-6-7-8-9-10-11-12-13-14-15-16-17-26-39(36,37)34-30-21-19-23-32(28-30)38-25-24-33-29-20-18-22-31(35)27-29/h18-23,27-28,33-35H,2-17,24-26H2,1H3. The van der Waals surface area contributed by atoms with Crippen molar-refractivity contribution in [3.63, 3.8) is 0 Å². The predicted molar refractivity (Wildman–Crippen MR) is 165 cm³/mol. The summed E-state index contributed by atoms with van der Waals surface area (Å²) < 4.78 is 33.5. The Balaban J connectivity index is 1.48. The van der Waals surface area contributed by atoms with Crippen molar-refractivity contribution in [3.05, 3.63) is 48.5 Å². The number of benzene rings is 2. The van der Waals surface area contributed by atoms with Gasteiger partial charge in [0.05, 0.1) is 11.4 Å². The number of rotatable bonds is 24. The van der Waals surface area contributed by atoms with Gasteiger partial charge in [-0.3, -0.25) is 4.72 Å². The average molecular weight is 561 g/mol. The molecule has 6 nitrogen and oxygen atoms in total. The summed E-state index contributed by atoms with van der Waals surface area (Å²) in [7, 11) is -3.38. The molecule has 0 bridgehead atoms. The highest BCUT2D eigenvalue weighted by Gasteiger charge is 2.10. The van der Waals surface area contributed by atoms with Gasteiger partial charge < -0.3 is 15.2 Å². The van der Waals surface area contributed by atoms with Gasteiger partial charge in [0.15, 0.2) is 0 Å². The summed E-state index contributed by atoms with van der Waals surface area (Å²) in [6, 6.07) is 13.9. The van der Waals surface area contributed by atoms with E-state index in [0.29, 0.717) is 31.0 Å². The fourth-order valence-corrected chi connectivity index (χ4v) is 5.87. The van der Waals surface area contributed by atoms with E-state index in [9.17, 15) is 13.5 Å². The van der Waals surface area contributed by atoms with Crippen molar-refractivity contribution >= 4 is 21.4 Å². The van der Waals surface area contributed by atoms with E-state index in [1.54, 1.807) is 36.4 Å². The van der Waals surface area contributed by atoms with Crippen LogP contribution >= 0.6 is 0 Å². The Bertz CT molecular complexity index is 997. The molecule has 0 unspecified atom stereocenters. The summed E-state index contributed by atoms with van der Waals surface area (Å²) in [5.74, 6) is 0.959. The minimum absolute atomic E-state index is 0.143. The Labute approximate surface area is 238 Å². The molecule has 0 aliphatic carbocycles. The first kappa shape index (κ1) is 32.8. The van der Waals surface area contributed by atoms with Gasteiger partial charge >= 0.3 is 0 Å². The van der Waals surface area contributed by atoms with Crippen LogP contribution < -0.4 is 14.8 Å². The van der Waals surface area contributed by atoms with Crippen molar-refractivity contribution in [2.45, 2.75) is 110 Å². The van der Waals surface area contributed by atoms with Gasteiger partial charge in [-0.2, -0.15) is 0 Å². The molecule has 0 radical (unpaired) electrons. The highest BCUT2D eigenvalue weighted by Crippen LogP contribution is 2.20. The minimum atomic E-state index is -3.38. The monoisotopic (exact) mass is 560 g/mol. The highest BCUT2D eigenvalue weighted by atomic mass is 32.2. The highest BCUT2D eigenvalue weighted by molar-refractivity contribution is 7.92. The molecule has 2 aromatic rings. The molecule has 0 fully saturated rings. The topological polar surface area (TPSA) is 87.7 Å². The molecule has 0 aromatic heterocycles. The van der Waals surface area contributed by atoms with Crippen LogP contribution in [0.4, 0.5) is 11.4 Å². The maximum absolute atomic E-state index is 12.5. The van der Waals surface area contributed by atoms with Gasteiger partial charge in [0, 0.05) is 24.4 Å². The molecule has 7 heteroatoms. The number of sulfonamides is 1. The molecule has 0 saturated heterocycles. The summed E-state index contributed by atoms with van der Waals surface area (Å²) in [6.45, 7) is 3.23. The number of phenols is 1. The second-order valence-electron chi connectivity index (χ2n) is 10.6. The number of aromatic hydroxyl groups is 1. The van der Waals surface area contributed by atoms with Crippen LogP contribution in [-0.2, 0) is 10.0 Å². The largest absolute Gasteiger partial charge is 0.508 e. The molecule has 0 aliphatic rings. The molecular formula is C32H52N2O4S. The maximum atomic E-state index is 12.5. The molecule has 220 valence electrons. The number of nitrogens with one attached hydrogen (secondary N) is 2. The van der Waals surface area contributed by atoms with Crippen molar-refractivity contribution in [1.29, 1.82) is 0 Å². The van der Waals surface area contributed by atoms with Gasteiger partial charge in [-0.15, -0.1) is 0 Å². The zero-order valence-corrected chi connectivity index (χ0v) is 25.0. The lowest BCUT2D eigenvalue weighted by Crippen LogP contribution is -2.17. The van der Waals surface area contributed by atoms with Crippen molar-refractivity contribution in [3.8, 4) is 11.5 Å². The van der Waals surface area contributed by atoms with E-state index < -0.39 is 10.0 Å². The van der Waals surface area contributed by atoms with E-state index in [-0.39, 0.29) is 11.5 Å². The fourth-order valence-electron chi connectivity index (χ4n) is 4.70. The van der Waals surface area contributed by atoms with Crippen LogP contribution in [0.2, 0.25) is 0 Å². The Morgan fingerprint density at radius 1 is 0.692 bits per heavy atom. The lowest BCUT2D eigenvalue weighted by molar-refractivity contribution is 0.333. The lowest BCUT2D eigenvalue weighted by Gasteiger charge is -2.11. The zero-order valence-electron chi connectivity index (χ0n) is 24.1. The summed E-state index contributed by atoms with van der Waals surface area (Å²) in [5, 5.41) is 12.7. The number of unbranched alkanes of at least 4 members (excludes halogenated alkanes) is 15. The first-order chi connectivity index (χ1) is 19.0. The first-order valence-corrected chi connectivity index (χ1v) is 16.9. The third-order valence-corrected chi connectivity index (χ3v) is 8.29. The number of anilines is 2. The summed E-state index contributed by atoms with van der Waals surface area (Å²) in [4.78, 5) is 0. The van der Waals surface area contributed by atoms with Gasteiger partial charge in [0.1, 0.15) is 18.1 Å². The smallest absolute Gasteiger partial charge is 0.232 e. The summed E-state index contributed by atoms with van der Waals surface area (Å²) >= 11 is 0. The zero-order chi connectivity index (χ0) is 28.0. The quantitative estimate of drug-likeness (QED) is 0.112. The normalized spacial score (nSPS) is 11.4. The van der Waals surface area contributed by atoms with Crippen LogP contribution in [0.15, 0.2) is 48.5 Å². The van der Waals surface area contributed by atoms with Crippen molar-refractivity contribution < 1.29 is 18.3 Å². The maximum Gasteiger partial charge on any atom is 0.232 e. The Morgan fingerprint density at radius 3 is 1.82 bits per heavy atom. The second kappa shape index (κ2) is 20.5. The molecule has 3 N–H and O–H groups in total. The molecule has 0 heterocycles. The van der Waals surface area contributed by atoms with Gasteiger partial charge in [0.2, 0.25) is 10.0 Å². The molecule has 0 saturated carbocycles.